The number of aromatic amines is 2. The lowest BCUT2D eigenvalue weighted by Crippen LogP contribution is -2.52. The van der Waals surface area contributed by atoms with Crippen molar-refractivity contribution in [2.24, 2.45) is 11.8 Å². The Morgan fingerprint density at radius 3 is 2.48 bits per heavy atom. The van der Waals surface area contributed by atoms with Crippen LogP contribution >= 0.6 is 0 Å². The predicted octanol–water partition coefficient (Wildman–Crippen LogP) is 7.73. The first kappa shape index (κ1) is 36.4. The largest absolute Gasteiger partial charge is 0.488 e. The Bertz CT molecular complexity index is 3000. The molecule has 4 N–H and O–H groups in total. The van der Waals surface area contributed by atoms with Crippen LogP contribution in [0.15, 0.2) is 79.0 Å². The zero-order valence-corrected chi connectivity index (χ0v) is 36.3. The van der Waals surface area contributed by atoms with Gasteiger partial charge in [0.1, 0.15) is 36.1 Å². The van der Waals surface area contributed by atoms with Crippen molar-refractivity contribution in [3.8, 4) is 28.1 Å². The fraction of sp³-hybridized carbons (Fsp3) is 0.388. The smallest absolute Gasteiger partial charge is 0.407 e. The Labute approximate surface area is 384 Å². The Hall–Kier alpha value is -6.94. The Balaban J connectivity index is 0.958. The maximum absolute atomic E-state index is 14.4. The zero-order valence-electron chi connectivity index (χ0n) is 42.3. The average Bonchev–Trinajstić information content (AvgIpc) is 4.14. The van der Waals surface area contributed by atoms with Crippen molar-refractivity contribution in [3.05, 3.63) is 102 Å². The van der Waals surface area contributed by atoms with Crippen LogP contribution in [0.4, 0.5) is 9.59 Å². The lowest BCUT2D eigenvalue weighted by molar-refractivity contribution is -0.137. The first-order valence-corrected chi connectivity index (χ1v) is 21.7. The standard InChI is InChI=1S/C49H54N8O8/c1-26(2)41(54-48(60)63-5)47(59)57-27(3)12-17-38(57)45-51-36-16-14-30-20-35-33-15-13-31(19-32(33)25-65-40(35)21-34(30)43(36)53-45)37-22-50-44(52-37)39-18-28(24-62-4)23-56(39)46(58)42(55-49(61)64-6)29-10-8-7-9-11-29/h7-11,13-16,19-22,26-28,38-39,41-42H,12,17-18,23-25H2,1-6H3,(H,50,52)(H,51,53)(H,54,60)(H,55,61)/t27-,28-,38-,39-,41-,42+/m0/s1/i5D3,6D3. The van der Waals surface area contributed by atoms with Gasteiger partial charge in [-0.2, -0.15) is 0 Å². The van der Waals surface area contributed by atoms with Gasteiger partial charge in [-0.25, -0.2) is 19.6 Å². The number of benzene rings is 4. The topological polar surface area (TPSA) is 193 Å². The van der Waals surface area contributed by atoms with Crippen molar-refractivity contribution in [1.82, 2.24) is 40.4 Å². The van der Waals surface area contributed by atoms with E-state index in [1.54, 1.807) is 67.3 Å². The van der Waals surface area contributed by atoms with Crippen molar-refractivity contribution in [3.63, 3.8) is 0 Å². The van der Waals surface area contributed by atoms with Gasteiger partial charge in [-0.15, -0.1) is 0 Å². The van der Waals surface area contributed by atoms with Crippen LogP contribution in [-0.4, -0.2) is 100 Å². The molecule has 65 heavy (non-hydrogen) atoms. The minimum absolute atomic E-state index is 0.0480. The minimum Gasteiger partial charge on any atom is -0.488 e. The lowest BCUT2D eigenvalue weighted by atomic mass is 9.92. The maximum atomic E-state index is 14.4. The first-order chi connectivity index (χ1) is 33.7. The molecule has 0 aliphatic carbocycles. The van der Waals surface area contributed by atoms with E-state index in [-0.39, 0.29) is 30.4 Å². The van der Waals surface area contributed by atoms with Crippen LogP contribution in [0, 0.1) is 11.8 Å². The maximum Gasteiger partial charge on any atom is 0.407 e. The molecule has 0 bridgehead atoms. The number of fused-ring (bicyclic) bond motifs is 6. The number of hydrogen-bond donors (Lipinski definition) is 4. The second-order valence-electron chi connectivity index (χ2n) is 17.4. The number of alkyl carbamates (subject to hydrolysis) is 2. The van der Waals surface area contributed by atoms with Crippen LogP contribution in [0.5, 0.6) is 5.75 Å². The van der Waals surface area contributed by atoms with Crippen LogP contribution in [0.3, 0.4) is 0 Å². The number of methoxy groups -OCH3 is 3. The highest BCUT2D eigenvalue weighted by Crippen LogP contribution is 2.44. The predicted molar refractivity (Wildman–Crippen MR) is 243 cm³/mol. The lowest BCUT2D eigenvalue weighted by Gasteiger charge is -2.32. The third-order valence-electron chi connectivity index (χ3n) is 12.9. The number of amides is 4. The van der Waals surface area contributed by atoms with E-state index in [2.05, 4.69) is 36.1 Å². The van der Waals surface area contributed by atoms with Gasteiger partial charge in [-0.3, -0.25) is 9.59 Å². The molecule has 5 heterocycles. The van der Waals surface area contributed by atoms with E-state index >= 15 is 0 Å². The molecular weight excluding hydrogens is 829 g/mol. The van der Waals surface area contributed by atoms with Gasteiger partial charge in [0.05, 0.1) is 63.9 Å². The van der Waals surface area contributed by atoms with Gasteiger partial charge in [0, 0.05) is 36.6 Å². The highest BCUT2D eigenvalue weighted by atomic mass is 16.5. The van der Waals surface area contributed by atoms with E-state index < -0.39 is 56.3 Å². The van der Waals surface area contributed by atoms with Crippen LogP contribution in [0.25, 0.3) is 44.2 Å². The number of carbonyl (C=O) groups excluding carboxylic acids is 4. The Kier molecular flexibility index (Phi) is 10.0. The van der Waals surface area contributed by atoms with Gasteiger partial charge >= 0.3 is 12.2 Å². The Morgan fingerprint density at radius 1 is 0.908 bits per heavy atom. The van der Waals surface area contributed by atoms with Gasteiger partial charge in [0.2, 0.25) is 5.91 Å². The number of aromatic nitrogens is 4. The fourth-order valence-corrected chi connectivity index (χ4v) is 9.77. The van der Waals surface area contributed by atoms with Crippen LogP contribution in [0.1, 0.15) is 89.2 Å². The summed E-state index contributed by atoms with van der Waals surface area (Å²) in [5, 5.41) is 6.74. The normalized spacial score (nSPS) is 21.7. The second-order valence-corrected chi connectivity index (χ2v) is 17.4. The summed E-state index contributed by atoms with van der Waals surface area (Å²) >= 11 is 0. The van der Waals surface area contributed by atoms with E-state index in [0.29, 0.717) is 66.6 Å². The molecule has 6 aromatic rings. The molecule has 0 saturated carbocycles. The summed E-state index contributed by atoms with van der Waals surface area (Å²) in [5.41, 5.74) is 6.37. The molecule has 0 unspecified atom stereocenters. The summed E-state index contributed by atoms with van der Waals surface area (Å²) in [6.45, 7) is 6.46. The van der Waals surface area contributed by atoms with Crippen molar-refractivity contribution >= 4 is 45.8 Å². The van der Waals surface area contributed by atoms with E-state index in [9.17, 15) is 19.2 Å². The molecule has 2 fully saturated rings. The fourth-order valence-electron chi connectivity index (χ4n) is 9.77. The highest BCUT2D eigenvalue weighted by Gasteiger charge is 2.43. The molecule has 338 valence electrons. The summed E-state index contributed by atoms with van der Waals surface area (Å²) in [6.07, 6.45) is 1.13. The van der Waals surface area contributed by atoms with Crippen molar-refractivity contribution in [2.75, 3.05) is 34.3 Å². The molecule has 6 atom stereocenters. The number of H-pyrrole nitrogens is 2. The number of rotatable bonds is 11. The summed E-state index contributed by atoms with van der Waals surface area (Å²) < 4.78 is 65.1. The van der Waals surface area contributed by atoms with E-state index in [4.69, 9.17) is 27.7 Å². The molecule has 2 aromatic heterocycles. The van der Waals surface area contributed by atoms with Crippen molar-refractivity contribution in [1.29, 1.82) is 0 Å². The van der Waals surface area contributed by atoms with Gasteiger partial charge in [-0.05, 0) is 84.0 Å². The number of carbonyl (C=O) groups is 4. The highest BCUT2D eigenvalue weighted by molar-refractivity contribution is 6.07. The molecular formula is C49H54N8O8. The SMILES string of the molecule is [2H]C([2H])([2H])OC(=O)N[C@H](C(=O)N1[C@@H](C)CC[C@H]1c1nc2c(ccc3cc4c(cc32)OCc2cc(-c3cnc([C@@H]5C[C@H](COC)CN5C(=O)[C@H](NC(=O)OC([2H])([2H])[2H])c5ccccc5)[nH]3)ccc2-4)[nH]1)C(C)C. The summed E-state index contributed by atoms with van der Waals surface area (Å²) in [6, 6.07) is 19.3. The number of nitrogens with zero attached hydrogens (tertiary/aromatic N) is 4. The third kappa shape index (κ3) is 8.22. The molecule has 3 aliphatic rings. The number of likely N-dealkylation sites (tertiary alicyclic amines) is 2. The van der Waals surface area contributed by atoms with Crippen molar-refractivity contribution < 1.29 is 46.4 Å². The summed E-state index contributed by atoms with van der Waals surface area (Å²) in [7, 11) is -4.36. The van der Waals surface area contributed by atoms with Gasteiger partial charge in [-0.1, -0.05) is 62.4 Å². The molecule has 4 amide bonds. The van der Waals surface area contributed by atoms with Gasteiger partial charge in [0.15, 0.2) is 0 Å². The first-order valence-electron chi connectivity index (χ1n) is 24.7. The Morgan fingerprint density at radius 2 is 1.71 bits per heavy atom. The van der Waals surface area contributed by atoms with Gasteiger partial charge in [0.25, 0.3) is 5.91 Å². The molecule has 0 radical (unpaired) electrons. The molecule has 0 spiro atoms. The molecule has 16 heteroatoms. The average molecular weight is 889 g/mol. The second kappa shape index (κ2) is 17.9. The number of ether oxygens (including phenoxy) is 4. The zero-order chi connectivity index (χ0) is 50.5. The number of imidazole rings is 2. The van der Waals surface area contributed by atoms with Crippen LogP contribution < -0.4 is 15.4 Å². The molecule has 3 aliphatic heterocycles. The monoisotopic (exact) mass is 888 g/mol. The van der Waals surface area contributed by atoms with E-state index in [1.807, 2.05) is 43.3 Å². The number of nitrogens with one attached hydrogen (secondary N) is 4. The molecule has 16 nitrogen and oxygen atoms in total. The quantitative estimate of drug-likeness (QED) is 0.100. The molecule has 2 saturated heterocycles. The van der Waals surface area contributed by atoms with Gasteiger partial charge < -0.3 is 49.3 Å². The van der Waals surface area contributed by atoms with Crippen LogP contribution in [0.2, 0.25) is 0 Å². The van der Waals surface area contributed by atoms with Crippen molar-refractivity contribution in [2.45, 2.75) is 76.8 Å². The third-order valence-corrected chi connectivity index (χ3v) is 12.9. The molecule has 9 rings (SSSR count). The van der Waals surface area contributed by atoms with E-state index in [0.717, 1.165) is 38.5 Å². The van der Waals surface area contributed by atoms with E-state index in [1.165, 1.54) is 0 Å². The number of hydrogen-bond acceptors (Lipinski definition) is 10. The molecule has 4 aromatic carbocycles. The van der Waals surface area contributed by atoms with Crippen LogP contribution in [-0.2, 0) is 30.4 Å². The summed E-state index contributed by atoms with van der Waals surface area (Å²) in [4.78, 5) is 73.8. The minimum atomic E-state index is -3.00. The summed E-state index contributed by atoms with van der Waals surface area (Å²) in [5.74, 6) is 0.603.